The summed E-state index contributed by atoms with van der Waals surface area (Å²) in [6, 6.07) is 7.81. The first-order valence-electron chi connectivity index (χ1n) is 9.00. The summed E-state index contributed by atoms with van der Waals surface area (Å²) in [7, 11) is 0. The quantitative estimate of drug-likeness (QED) is 0.800. The van der Waals surface area contributed by atoms with E-state index < -0.39 is 0 Å². The third-order valence-electron chi connectivity index (χ3n) is 4.82. The monoisotopic (exact) mass is 384 g/mol. The van der Waals surface area contributed by atoms with Crippen molar-refractivity contribution in [2.45, 2.75) is 37.9 Å². The number of ether oxygens (including phenoxy) is 1. The zero-order valence-electron chi connectivity index (χ0n) is 14.8. The van der Waals surface area contributed by atoms with Crippen molar-refractivity contribution in [2.24, 2.45) is 5.73 Å². The molecule has 1 aromatic carbocycles. The maximum absolute atomic E-state index is 11.3. The Bertz CT molecular complexity index is 901. The molecule has 2 heterocycles. The zero-order valence-corrected chi connectivity index (χ0v) is 15.5. The number of hydrogen-bond acceptors (Lipinski definition) is 4. The maximum atomic E-state index is 11.3. The van der Waals surface area contributed by atoms with Crippen LogP contribution < -0.4 is 11.1 Å². The molecule has 0 radical (unpaired) electrons. The fourth-order valence-electron chi connectivity index (χ4n) is 3.34. The first-order valence-corrected chi connectivity index (χ1v) is 9.37. The first-order chi connectivity index (χ1) is 13.1. The molecular weight excluding hydrogens is 364 g/mol. The summed E-state index contributed by atoms with van der Waals surface area (Å²) >= 11 is 5.91. The van der Waals surface area contributed by atoms with Crippen LogP contribution in [0.25, 0.3) is 5.57 Å². The van der Waals surface area contributed by atoms with Crippen molar-refractivity contribution in [1.82, 2.24) is 15.1 Å². The Hall–Kier alpha value is -2.57. The SMILES string of the molecule is NC(CCn1cc(C2=CCC3NC(=O)OC3=C2)cn1)Cc1ccc(Cl)cc1. The topological polar surface area (TPSA) is 82.2 Å². The molecule has 2 aromatic rings. The molecule has 6 nitrogen and oxygen atoms in total. The zero-order chi connectivity index (χ0) is 18.8. The summed E-state index contributed by atoms with van der Waals surface area (Å²) in [6.07, 6.45) is 9.81. The number of hydrogen-bond donors (Lipinski definition) is 2. The highest BCUT2D eigenvalue weighted by molar-refractivity contribution is 6.30. The highest BCUT2D eigenvalue weighted by atomic mass is 35.5. The van der Waals surface area contributed by atoms with Crippen LogP contribution in [-0.2, 0) is 17.7 Å². The number of benzene rings is 1. The molecule has 2 atom stereocenters. The average Bonchev–Trinajstić information content (AvgIpc) is 3.26. The Morgan fingerprint density at radius 1 is 1.37 bits per heavy atom. The van der Waals surface area contributed by atoms with Gasteiger partial charge in [-0.2, -0.15) is 5.10 Å². The van der Waals surface area contributed by atoms with E-state index in [4.69, 9.17) is 22.1 Å². The lowest BCUT2D eigenvalue weighted by Gasteiger charge is -2.13. The van der Waals surface area contributed by atoms with E-state index in [9.17, 15) is 4.79 Å². The fraction of sp³-hybridized carbons (Fsp3) is 0.300. The standard InChI is InChI=1S/C20H21ClN4O2/c21-16-4-1-13(2-5-16)9-17(22)7-8-25-12-15(11-23-25)14-3-6-18-19(10-14)27-20(26)24-18/h1-5,10-12,17-18H,6-9,22H2,(H,24,26). The van der Waals surface area contributed by atoms with E-state index >= 15 is 0 Å². The van der Waals surface area contributed by atoms with Crippen LogP contribution in [0.15, 0.2) is 54.6 Å². The molecule has 1 amide bonds. The maximum Gasteiger partial charge on any atom is 0.412 e. The number of nitrogens with one attached hydrogen (secondary N) is 1. The van der Waals surface area contributed by atoms with Crippen LogP contribution in [0.1, 0.15) is 24.0 Å². The van der Waals surface area contributed by atoms with Crippen LogP contribution in [0.2, 0.25) is 5.02 Å². The molecule has 0 bridgehead atoms. The van der Waals surface area contributed by atoms with Gasteiger partial charge < -0.3 is 15.8 Å². The van der Waals surface area contributed by atoms with Crippen molar-refractivity contribution in [2.75, 3.05) is 0 Å². The molecule has 140 valence electrons. The van der Waals surface area contributed by atoms with Gasteiger partial charge in [-0.05, 0) is 48.6 Å². The second-order valence-electron chi connectivity index (χ2n) is 6.90. The number of rotatable bonds is 6. The normalized spacial score (nSPS) is 19.6. The predicted octanol–water partition coefficient (Wildman–Crippen LogP) is 3.28. The number of aryl methyl sites for hydroxylation is 1. The molecule has 3 N–H and O–H groups in total. The number of aromatic nitrogens is 2. The third kappa shape index (κ3) is 4.23. The third-order valence-corrected chi connectivity index (χ3v) is 5.08. The van der Waals surface area contributed by atoms with Crippen molar-refractivity contribution >= 4 is 23.3 Å². The van der Waals surface area contributed by atoms with Gasteiger partial charge in [0.15, 0.2) is 0 Å². The number of amides is 1. The summed E-state index contributed by atoms with van der Waals surface area (Å²) < 4.78 is 7.09. The lowest BCUT2D eigenvalue weighted by atomic mass is 9.98. The Kier molecular flexibility index (Phi) is 5.01. The van der Waals surface area contributed by atoms with Crippen LogP contribution in [0.3, 0.4) is 0 Å². The minimum Gasteiger partial charge on any atom is -0.413 e. The average molecular weight is 385 g/mol. The highest BCUT2D eigenvalue weighted by Gasteiger charge is 2.30. The minimum absolute atomic E-state index is 0.0397. The van der Waals surface area contributed by atoms with E-state index in [1.165, 1.54) is 5.56 Å². The summed E-state index contributed by atoms with van der Waals surface area (Å²) in [5.41, 5.74) is 9.48. The molecule has 7 heteroatoms. The van der Waals surface area contributed by atoms with Gasteiger partial charge in [-0.1, -0.05) is 29.8 Å². The number of allylic oxidation sites excluding steroid dienone is 2. The van der Waals surface area contributed by atoms with E-state index in [0.717, 1.165) is 42.0 Å². The molecule has 1 aliphatic heterocycles. The molecule has 1 aromatic heterocycles. The molecule has 1 aliphatic carbocycles. The molecule has 1 saturated heterocycles. The van der Waals surface area contributed by atoms with Crippen LogP contribution >= 0.6 is 11.6 Å². The summed E-state index contributed by atoms with van der Waals surface area (Å²) in [6.45, 7) is 0.748. The Morgan fingerprint density at radius 3 is 3.00 bits per heavy atom. The molecule has 1 fully saturated rings. The number of carbonyl (C=O) groups excluding carboxylic acids is 1. The van der Waals surface area contributed by atoms with Gasteiger partial charge in [0.25, 0.3) is 0 Å². The molecule has 4 rings (SSSR count). The largest absolute Gasteiger partial charge is 0.413 e. The van der Waals surface area contributed by atoms with Crippen molar-refractivity contribution in [3.8, 4) is 0 Å². The summed E-state index contributed by atoms with van der Waals surface area (Å²) in [4.78, 5) is 11.3. The minimum atomic E-state index is -0.383. The number of carbonyl (C=O) groups is 1. The van der Waals surface area contributed by atoms with Gasteiger partial charge >= 0.3 is 6.09 Å². The number of alkyl carbamates (subject to hydrolysis) is 1. The molecular formula is C20H21ClN4O2. The van der Waals surface area contributed by atoms with E-state index in [1.807, 2.05) is 47.4 Å². The van der Waals surface area contributed by atoms with E-state index in [0.29, 0.717) is 5.76 Å². The van der Waals surface area contributed by atoms with E-state index in [-0.39, 0.29) is 18.2 Å². The Balaban J connectivity index is 1.33. The number of nitrogens with zero attached hydrogens (tertiary/aromatic N) is 2. The number of halogens is 1. The molecule has 2 unspecified atom stereocenters. The second kappa shape index (κ2) is 7.58. The predicted molar refractivity (Wildman–Crippen MR) is 104 cm³/mol. The van der Waals surface area contributed by atoms with E-state index in [1.54, 1.807) is 0 Å². The molecule has 27 heavy (non-hydrogen) atoms. The van der Waals surface area contributed by atoms with Gasteiger partial charge in [0.2, 0.25) is 0 Å². The summed E-state index contributed by atoms with van der Waals surface area (Å²) in [5.74, 6) is 0.676. The van der Waals surface area contributed by atoms with Crippen LogP contribution in [0, 0.1) is 0 Å². The van der Waals surface area contributed by atoms with Gasteiger partial charge in [0.1, 0.15) is 5.76 Å². The summed E-state index contributed by atoms with van der Waals surface area (Å²) in [5, 5.41) is 7.94. The highest BCUT2D eigenvalue weighted by Crippen LogP contribution is 2.28. The van der Waals surface area contributed by atoms with Gasteiger partial charge in [0, 0.05) is 29.4 Å². The van der Waals surface area contributed by atoms with Crippen LogP contribution in [-0.4, -0.2) is 28.0 Å². The Morgan fingerprint density at radius 2 is 2.19 bits per heavy atom. The van der Waals surface area contributed by atoms with Crippen molar-refractivity contribution < 1.29 is 9.53 Å². The van der Waals surface area contributed by atoms with Gasteiger partial charge in [-0.15, -0.1) is 0 Å². The first kappa shape index (κ1) is 17.8. The smallest absolute Gasteiger partial charge is 0.412 e. The van der Waals surface area contributed by atoms with Crippen molar-refractivity contribution in [3.05, 3.63) is 70.7 Å². The molecule has 0 saturated carbocycles. The van der Waals surface area contributed by atoms with Gasteiger partial charge in [-0.25, -0.2) is 4.79 Å². The van der Waals surface area contributed by atoms with E-state index in [2.05, 4.69) is 16.5 Å². The van der Waals surface area contributed by atoms with Crippen LogP contribution in [0.5, 0.6) is 0 Å². The van der Waals surface area contributed by atoms with Crippen LogP contribution in [0.4, 0.5) is 4.79 Å². The molecule has 0 spiro atoms. The fourth-order valence-corrected chi connectivity index (χ4v) is 3.47. The van der Waals surface area contributed by atoms with Crippen molar-refractivity contribution in [1.29, 1.82) is 0 Å². The second-order valence-corrected chi connectivity index (χ2v) is 7.34. The Labute approximate surface area is 162 Å². The van der Waals surface area contributed by atoms with Gasteiger partial charge in [0.05, 0.1) is 12.2 Å². The van der Waals surface area contributed by atoms with Crippen molar-refractivity contribution in [3.63, 3.8) is 0 Å². The number of fused-ring (bicyclic) bond motifs is 1. The molecule has 2 aliphatic rings. The lowest BCUT2D eigenvalue weighted by molar-refractivity contribution is 0.195. The van der Waals surface area contributed by atoms with Gasteiger partial charge in [-0.3, -0.25) is 4.68 Å². The number of nitrogens with two attached hydrogens (primary N) is 1. The lowest BCUT2D eigenvalue weighted by Crippen LogP contribution is -2.25.